The number of rotatable bonds is 4. The van der Waals surface area contributed by atoms with Crippen LogP contribution < -0.4 is 4.90 Å². The second-order valence-electron chi connectivity index (χ2n) is 9.41. The van der Waals surface area contributed by atoms with E-state index in [-0.39, 0.29) is 21.9 Å². The third-order valence-electron chi connectivity index (χ3n) is 7.27. The molecule has 2 amide bonds. The number of sulfonamides is 1. The smallest absolute Gasteiger partial charge is 0.254 e. The van der Waals surface area contributed by atoms with Crippen molar-refractivity contribution < 1.29 is 18.0 Å². The molecule has 0 unspecified atom stereocenters. The third-order valence-corrected chi connectivity index (χ3v) is 10.6. The Labute approximate surface area is 205 Å². The normalized spacial score (nSPS) is 20.2. The van der Waals surface area contributed by atoms with Gasteiger partial charge in [-0.1, -0.05) is 31.0 Å². The first-order chi connectivity index (χ1) is 16.4. The molecule has 2 fully saturated rings. The Morgan fingerprint density at radius 2 is 1.62 bits per heavy atom. The lowest BCUT2D eigenvalue weighted by molar-refractivity contribution is -0.123. The highest BCUT2D eigenvalue weighted by Gasteiger charge is 2.36. The minimum Gasteiger partial charge on any atom is -0.339 e. The monoisotopic (exact) mass is 501 g/mol. The predicted molar refractivity (Wildman–Crippen MR) is 133 cm³/mol. The Kier molecular flexibility index (Phi) is 6.77. The van der Waals surface area contributed by atoms with Crippen molar-refractivity contribution in [3.05, 3.63) is 46.8 Å². The Bertz CT molecular complexity index is 1160. The molecule has 0 saturated carbocycles. The molecule has 1 aromatic heterocycles. The molecule has 2 aromatic rings. The van der Waals surface area contributed by atoms with E-state index in [2.05, 4.69) is 6.07 Å². The molecule has 0 atom stereocenters. The van der Waals surface area contributed by atoms with Crippen molar-refractivity contribution in [2.45, 2.75) is 49.2 Å². The van der Waals surface area contributed by atoms with Crippen LogP contribution in [0.25, 0.3) is 0 Å². The Morgan fingerprint density at radius 3 is 2.35 bits per heavy atom. The van der Waals surface area contributed by atoms with Crippen LogP contribution in [0, 0.1) is 5.92 Å². The van der Waals surface area contributed by atoms with Crippen LogP contribution in [0.3, 0.4) is 0 Å². The summed E-state index contributed by atoms with van der Waals surface area (Å²) in [5.41, 5.74) is 2.64. The van der Waals surface area contributed by atoms with E-state index in [1.165, 1.54) is 15.9 Å². The summed E-state index contributed by atoms with van der Waals surface area (Å²) < 4.78 is 28.2. The van der Waals surface area contributed by atoms with Crippen LogP contribution in [-0.2, 0) is 21.2 Å². The summed E-state index contributed by atoms with van der Waals surface area (Å²) in [4.78, 5) is 29.8. The number of hydrogen-bond acceptors (Lipinski definition) is 5. The van der Waals surface area contributed by atoms with Gasteiger partial charge in [0.1, 0.15) is 4.21 Å². The predicted octanol–water partition coefficient (Wildman–Crippen LogP) is 3.75. The molecule has 3 aliphatic heterocycles. The first kappa shape index (κ1) is 23.5. The first-order valence-corrected chi connectivity index (χ1v) is 14.5. The molecule has 5 rings (SSSR count). The number of carbonyl (C=O) groups excluding carboxylic acids is 2. The van der Waals surface area contributed by atoms with Gasteiger partial charge < -0.3 is 9.80 Å². The fraction of sp³-hybridized carbons (Fsp3) is 0.520. The molecule has 9 heteroatoms. The lowest BCUT2D eigenvalue weighted by Crippen LogP contribution is -2.44. The SMILES string of the molecule is O=C(c1csc(S(=O)(=O)N2CCC(C(=O)N3CCc4ccccc43)CC2)c1)N1CCCCCC1. The standard InChI is InChI=1S/C25H31N3O4S2/c29-24(26-12-5-1-2-6-13-26)21-17-23(33-18-21)34(31,32)27-14-9-20(10-15-27)25(30)28-16-11-19-7-3-4-8-22(19)28/h3-4,7-8,17-18,20H,1-2,5-6,9-16H2. The van der Waals surface area contributed by atoms with Crippen molar-refractivity contribution in [2.24, 2.45) is 5.92 Å². The maximum absolute atomic E-state index is 13.3. The van der Waals surface area contributed by atoms with Gasteiger partial charge in [0.25, 0.3) is 15.9 Å². The molecule has 0 radical (unpaired) electrons. The maximum atomic E-state index is 13.3. The Balaban J connectivity index is 1.22. The van der Waals surface area contributed by atoms with E-state index in [1.54, 1.807) is 5.38 Å². The van der Waals surface area contributed by atoms with E-state index < -0.39 is 10.0 Å². The number of piperidine rings is 1. The van der Waals surface area contributed by atoms with Crippen LogP contribution in [0.15, 0.2) is 39.9 Å². The molecule has 7 nitrogen and oxygen atoms in total. The number of benzene rings is 1. The zero-order valence-electron chi connectivity index (χ0n) is 19.3. The van der Waals surface area contributed by atoms with Gasteiger partial charge in [0.2, 0.25) is 5.91 Å². The zero-order chi connectivity index (χ0) is 23.7. The summed E-state index contributed by atoms with van der Waals surface area (Å²) in [6.07, 6.45) is 6.16. The van der Waals surface area contributed by atoms with E-state index in [1.807, 2.05) is 28.0 Å². The van der Waals surface area contributed by atoms with Gasteiger partial charge in [-0.3, -0.25) is 9.59 Å². The number of likely N-dealkylation sites (tertiary alicyclic amines) is 1. The minimum atomic E-state index is -3.67. The summed E-state index contributed by atoms with van der Waals surface area (Å²) in [7, 11) is -3.67. The zero-order valence-corrected chi connectivity index (χ0v) is 21.0. The number of thiophene rings is 1. The van der Waals surface area contributed by atoms with Crippen molar-refractivity contribution >= 4 is 38.9 Å². The van der Waals surface area contributed by atoms with Crippen LogP contribution in [-0.4, -0.2) is 62.2 Å². The fourth-order valence-electron chi connectivity index (χ4n) is 5.28. The highest BCUT2D eigenvalue weighted by molar-refractivity contribution is 7.91. The third kappa shape index (κ3) is 4.53. The molecule has 1 aromatic carbocycles. The highest BCUT2D eigenvalue weighted by atomic mass is 32.2. The lowest BCUT2D eigenvalue weighted by Gasteiger charge is -2.32. The van der Waals surface area contributed by atoms with E-state index >= 15 is 0 Å². The fourth-order valence-corrected chi connectivity index (χ4v) is 8.05. The van der Waals surface area contributed by atoms with Crippen molar-refractivity contribution in [3.8, 4) is 0 Å². The van der Waals surface area contributed by atoms with Crippen molar-refractivity contribution in [2.75, 3.05) is 37.6 Å². The lowest BCUT2D eigenvalue weighted by atomic mass is 9.96. The van der Waals surface area contributed by atoms with Crippen LogP contribution in [0.2, 0.25) is 0 Å². The molecular formula is C25H31N3O4S2. The quantitative estimate of drug-likeness (QED) is 0.639. The first-order valence-electron chi connectivity index (χ1n) is 12.2. The number of carbonyl (C=O) groups is 2. The highest BCUT2D eigenvalue weighted by Crippen LogP contribution is 2.33. The van der Waals surface area contributed by atoms with E-state index in [0.717, 1.165) is 62.2 Å². The Hall–Kier alpha value is -2.23. The van der Waals surface area contributed by atoms with E-state index in [9.17, 15) is 18.0 Å². The number of nitrogens with zero attached hydrogens (tertiary/aromatic N) is 3. The minimum absolute atomic E-state index is 0.0743. The summed E-state index contributed by atoms with van der Waals surface area (Å²) in [6, 6.07) is 9.53. The maximum Gasteiger partial charge on any atom is 0.254 e. The number of hydrogen-bond donors (Lipinski definition) is 0. The van der Waals surface area contributed by atoms with Crippen LogP contribution in [0.1, 0.15) is 54.4 Å². The van der Waals surface area contributed by atoms with Crippen LogP contribution >= 0.6 is 11.3 Å². The van der Waals surface area contributed by atoms with Crippen LogP contribution in [0.5, 0.6) is 0 Å². The molecular weight excluding hydrogens is 470 g/mol. The largest absolute Gasteiger partial charge is 0.339 e. The van der Waals surface area contributed by atoms with Crippen molar-refractivity contribution in [1.29, 1.82) is 0 Å². The molecule has 0 spiro atoms. The molecule has 4 heterocycles. The number of anilines is 1. The molecule has 34 heavy (non-hydrogen) atoms. The summed E-state index contributed by atoms with van der Waals surface area (Å²) >= 11 is 1.12. The number of para-hydroxylation sites is 1. The molecule has 182 valence electrons. The van der Waals surface area contributed by atoms with Gasteiger partial charge in [-0.15, -0.1) is 11.3 Å². The van der Waals surface area contributed by atoms with Crippen LogP contribution in [0.4, 0.5) is 5.69 Å². The average Bonchev–Trinajstić information content (AvgIpc) is 3.44. The van der Waals surface area contributed by atoms with Crippen molar-refractivity contribution in [3.63, 3.8) is 0 Å². The van der Waals surface area contributed by atoms with E-state index in [4.69, 9.17) is 0 Å². The second-order valence-corrected chi connectivity index (χ2v) is 12.5. The van der Waals surface area contributed by atoms with Gasteiger partial charge in [0.15, 0.2) is 0 Å². The molecule has 0 aliphatic carbocycles. The summed E-state index contributed by atoms with van der Waals surface area (Å²) in [6.45, 7) is 2.81. The molecule has 2 saturated heterocycles. The molecule has 3 aliphatic rings. The van der Waals surface area contributed by atoms with Gasteiger partial charge in [0, 0.05) is 49.7 Å². The van der Waals surface area contributed by atoms with Gasteiger partial charge >= 0.3 is 0 Å². The summed E-state index contributed by atoms with van der Waals surface area (Å²) in [5.74, 6) is -0.139. The average molecular weight is 502 g/mol. The Morgan fingerprint density at radius 1 is 0.912 bits per heavy atom. The van der Waals surface area contributed by atoms with Gasteiger partial charge in [-0.05, 0) is 49.8 Å². The summed E-state index contributed by atoms with van der Waals surface area (Å²) in [5, 5.41) is 1.67. The topological polar surface area (TPSA) is 78.0 Å². The van der Waals surface area contributed by atoms with Crippen molar-refractivity contribution in [1.82, 2.24) is 9.21 Å². The molecule has 0 bridgehead atoms. The van der Waals surface area contributed by atoms with Gasteiger partial charge in [0.05, 0.1) is 5.56 Å². The van der Waals surface area contributed by atoms with E-state index in [0.29, 0.717) is 38.0 Å². The second kappa shape index (κ2) is 9.79. The van der Waals surface area contributed by atoms with Gasteiger partial charge in [-0.25, -0.2) is 8.42 Å². The molecule has 0 N–H and O–H groups in total. The van der Waals surface area contributed by atoms with Gasteiger partial charge in [-0.2, -0.15) is 4.31 Å². The number of fused-ring (bicyclic) bond motifs is 1. The number of amides is 2.